The molecular weight excluding hydrogens is 661 g/mol. The summed E-state index contributed by atoms with van der Waals surface area (Å²) < 4.78 is 16.7. The molecule has 0 amide bonds. The van der Waals surface area contributed by atoms with Gasteiger partial charge in [0.25, 0.3) is 0 Å². The lowest BCUT2D eigenvalue weighted by Crippen LogP contribution is -2.30. The zero-order chi connectivity index (χ0) is 38.9. The second-order valence-electron chi connectivity index (χ2n) is 16.3. The molecule has 0 aromatic rings. The van der Waals surface area contributed by atoms with Gasteiger partial charge in [0, 0.05) is 19.3 Å². The lowest BCUT2D eigenvalue weighted by molar-refractivity contribution is -0.167. The van der Waals surface area contributed by atoms with Gasteiger partial charge in [0.05, 0.1) is 0 Å². The van der Waals surface area contributed by atoms with Crippen LogP contribution in [0, 0.1) is 5.92 Å². The maximum absolute atomic E-state index is 12.6. The average Bonchev–Trinajstić information content (AvgIpc) is 3.15. The fraction of sp³-hybridized carbons (Fsp3) is 0.936. The molecule has 0 N–H and O–H groups in total. The molecular formula is C47H90O6. The van der Waals surface area contributed by atoms with Crippen molar-refractivity contribution in [1.29, 1.82) is 0 Å². The van der Waals surface area contributed by atoms with E-state index in [-0.39, 0.29) is 31.1 Å². The first kappa shape index (κ1) is 51.4. The second-order valence-corrected chi connectivity index (χ2v) is 16.3. The zero-order valence-corrected chi connectivity index (χ0v) is 36.0. The Morgan fingerprint density at radius 1 is 0.377 bits per heavy atom. The third kappa shape index (κ3) is 39.9. The summed E-state index contributed by atoms with van der Waals surface area (Å²) in [5, 5.41) is 0. The quantitative estimate of drug-likeness (QED) is 0.0351. The second kappa shape index (κ2) is 41.6. The van der Waals surface area contributed by atoms with Crippen molar-refractivity contribution in [3.05, 3.63) is 0 Å². The van der Waals surface area contributed by atoms with Crippen LogP contribution >= 0.6 is 0 Å². The van der Waals surface area contributed by atoms with E-state index in [1.54, 1.807) is 0 Å². The highest BCUT2D eigenvalue weighted by Crippen LogP contribution is 2.17. The van der Waals surface area contributed by atoms with Gasteiger partial charge in [-0.3, -0.25) is 14.4 Å². The number of hydrogen-bond acceptors (Lipinski definition) is 6. The standard InChI is InChI=1S/C47H90O6/c1-5-8-10-12-14-15-16-17-18-19-20-21-22-23-24-26-30-34-38-45(48)51-41-44(53-47(50)40-36-32-25-13-11-9-6-2)42-52-46(49)39-35-31-28-27-29-33-37-43(4)7-3/h43-44H,5-42H2,1-4H3/t43?,44-/m1/s1. The van der Waals surface area contributed by atoms with Gasteiger partial charge < -0.3 is 14.2 Å². The Balaban J connectivity index is 4.16. The van der Waals surface area contributed by atoms with Gasteiger partial charge in [-0.2, -0.15) is 0 Å². The predicted octanol–water partition coefficient (Wildman–Crippen LogP) is 14.7. The summed E-state index contributed by atoms with van der Waals surface area (Å²) in [5.74, 6) is -0.0484. The Bertz CT molecular complexity index is 798. The third-order valence-corrected chi connectivity index (χ3v) is 10.9. The summed E-state index contributed by atoms with van der Waals surface area (Å²) >= 11 is 0. The molecule has 0 rings (SSSR count). The van der Waals surface area contributed by atoms with Crippen LogP contribution in [0.3, 0.4) is 0 Å². The molecule has 53 heavy (non-hydrogen) atoms. The number of esters is 3. The van der Waals surface area contributed by atoms with Crippen molar-refractivity contribution < 1.29 is 28.6 Å². The Morgan fingerprint density at radius 3 is 0.981 bits per heavy atom. The minimum absolute atomic E-state index is 0.0649. The molecule has 0 saturated carbocycles. The van der Waals surface area contributed by atoms with Crippen LogP contribution in [0.4, 0.5) is 0 Å². The lowest BCUT2D eigenvalue weighted by Gasteiger charge is -2.18. The van der Waals surface area contributed by atoms with Crippen molar-refractivity contribution in [1.82, 2.24) is 0 Å². The molecule has 1 unspecified atom stereocenters. The molecule has 0 aromatic heterocycles. The minimum atomic E-state index is -0.759. The Morgan fingerprint density at radius 2 is 0.660 bits per heavy atom. The highest BCUT2D eigenvalue weighted by Gasteiger charge is 2.19. The molecule has 2 atom stereocenters. The Hall–Kier alpha value is -1.59. The van der Waals surface area contributed by atoms with Crippen LogP contribution in [0.2, 0.25) is 0 Å². The van der Waals surface area contributed by atoms with Crippen LogP contribution in [0.1, 0.15) is 259 Å². The van der Waals surface area contributed by atoms with E-state index in [1.807, 2.05) is 0 Å². The maximum Gasteiger partial charge on any atom is 0.306 e. The van der Waals surface area contributed by atoms with Crippen LogP contribution in [-0.2, 0) is 28.6 Å². The number of rotatable bonds is 42. The zero-order valence-electron chi connectivity index (χ0n) is 36.0. The Kier molecular flexibility index (Phi) is 40.3. The number of carbonyl (C=O) groups is 3. The first-order valence-electron chi connectivity index (χ1n) is 23.4. The molecule has 0 saturated heterocycles. The van der Waals surface area contributed by atoms with Crippen molar-refractivity contribution in [2.75, 3.05) is 13.2 Å². The molecule has 0 aliphatic rings. The highest BCUT2D eigenvalue weighted by atomic mass is 16.6. The van der Waals surface area contributed by atoms with Crippen LogP contribution in [-0.4, -0.2) is 37.2 Å². The topological polar surface area (TPSA) is 78.9 Å². The summed E-state index contributed by atoms with van der Waals surface area (Å²) in [6, 6.07) is 0. The monoisotopic (exact) mass is 751 g/mol. The Labute approximate surface area is 329 Å². The van der Waals surface area contributed by atoms with E-state index in [4.69, 9.17) is 14.2 Å². The van der Waals surface area contributed by atoms with E-state index in [0.29, 0.717) is 19.3 Å². The third-order valence-electron chi connectivity index (χ3n) is 10.9. The van der Waals surface area contributed by atoms with Gasteiger partial charge in [-0.05, 0) is 25.2 Å². The summed E-state index contributed by atoms with van der Waals surface area (Å²) in [7, 11) is 0. The van der Waals surface area contributed by atoms with Crippen molar-refractivity contribution in [2.24, 2.45) is 5.92 Å². The SMILES string of the molecule is CCCCCCCCCCCCCCCCCCCCC(=O)OC[C@H](COC(=O)CCCCCCCCC(C)CC)OC(=O)CCCCCCCCC. The largest absolute Gasteiger partial charge is 0.462 e. The molecule has 6 heteroatoms. The fourth-order valence-electron chi connectivity index (χ4n) is 6.95. The van der Waals surface area contributed by atoms with E-state index in [1.165, 1.54) is 154 Å². The molecule has 0 aliphatic carbocycles. The van der Waals surface area contributed by atoms with Crippen molar-refractivity contribution in [3.8, 4) is 0 Å². The highest BCUT2D eigenvalue weighted by molar-refractivity contribution is 5.71. The van der Waals surface area contributed by atoms with Gasteiger partial charge in [-0.25, -0.2) is 0 Å². The van der Waals surface area contributed by atoms with Crippen LogP contribution in [0.15, 0.2) is 0 Å². The van der Waals surface area contributed by atoms with Crippen molar-refractivity contribution >= 4 is 17.9 Å². The number of hydrogen-bond donors (Lipinski definition) is 0. The van der Waals surface area contributed by atoms with Gasteiger partial charge in [0.15, 0.2) is 6.10 Å². The molecule has 6 nitrogen and oxygen atoms in total. The van der Waals surface area contributed by atoms with Gasteiger partial charge in [-0.1, -0.05) is 220 Å². The minimum Gasteiger partial charge on any atom is -0.462 e. The molecule has 0 aromatic carbocycles. The summed E-state index contributed by atoms with van der Waals surface area (Å²) in [4.78, 5) is 37.6. The molecule has 0 heterocycles. The van der Waals surface area contributed by atoms with E-state index in [2.05, 4.69) is 27.7 Å². The number of ether oxygens (including phenoxy) is 3. The van der Waals surface area contributed by atoms with Crippen molar-refractivity contribution in [3.63, 3.8) is 0 Å². The molecule has 0 aliphatic heterocycles. The van der Waals surface area contributed by atoms with Crippen LogP contribution in [0.25, 0.3) is 0 Å². The van der Waals surface area contributed by atoms with Crippen LogP contribution < -0.4 is 0 Å². The molecule has 0 bridgehead atoms. The van der Waals surface area contributed by atoms with Crippen LogP contribution in [0.5, 0.6) is 0 Å². The first-order chi connectivity index (χ1) is 25.9. The van der Waals surface area contributed by atoms with Gasteiger partial charge in [0.1, 0.15) is 13.2 Å². The smallest absolute Gasteiger partial charge is 0.306 e. The summed E-state index contributed by atoms with van der Waals surface area (Å²) in [6.07, 6.45) is 41.1. The van der Waals surface area contributed by atoms with Gasteiger partial charge in [0.2, 0.25) is 0 Å². The molecule has 0 spiro atoms. The van der Waals surface area contributed by atoms with E-state index in [9.17, 15) is 14.4 Å². The fourth-order valence-corrected chi connectivity index (χ4v) is 6.95. The van der Waals surface area contributed by atoms with Crippen molar-refractivity contribution in [2.45, 2.75) is 265 Å². The van der Waals surface area contributed by atoms with Gasteiger partial charge in [-0.15, -0.1) is 0 Å². The maximum atomic E-state index is 12.6. The predicted molar refractivity (Wildman–Crippen MR) is 224 cm³/mol. The summed E-state index contributed by atoms with van der Waals surface area (Å²) in [5.41, 5.74) is 0. The number of unbranched alkanes of at least 4 members (excludes halogenated alkanes) is 28. The first-order valence-corrected chi connectivity index (χ1v) is 23.4. The van der Waals surface area contributed by atoms with Gasteiger partial charge >= 0.3 is 17.9 Å². The number of carbonyl (C=O) groups excluding carboxylic acids is 3. The molecule has 0 radical (unpaired) electrons. The molecule has 314 valence electrons. The van der Waals surface area contributed by atoms with E-state index >= 15 is 0 Å². The van der Waals surface area contributed by atoms with E-state index in [0.717, 1.165) is 63.7 Å². The lowest BCUT2D eigenvalue weighted by atomic mass is 10.00. The van der Waals surface area contributed by atoms with E-state index < -0.39 is 6.10 Å². The normalized spacial score (nSPS) is 12.5. The summed E-state index contributed by atoms with van der Waals surface area (Å²) in [6.45, 7) is 8.93. The molecule has 0 fully saturated rings. The average molecular weight is 751 g/mol.